The molecule has 0 radical (unpaired) electrons. The SMILES string of the molecule is ClC(CCC1CCC1)c1ccccc1. The zero-order chi connectivity index (χ0) is 9.80. The van der Waals surface area contributed by atoms with E-state index in [4.69, 9.17) is 11.6 Å². The minimum atomic E-state index is 0.219. The molecule has 1 fully saturated rings. The normalized spacial score (nSPS) is 18.9. The lowest BCUT2D eigenvalue weighted by Crippen LogP contribution is -2.11. The summed E-state index contributed by atoms with van der Waals surface area (Å²) < 4.78 is 0. The van der Waals surface area contributed by atoms with Gasteiger partial charge in [0.1, 0.15) is 0 Å². The lowest BCUT2D eigenvalue weighted by atomic mass is 9.81. The summed E-state index contributed by atoms with van der Waals surface area (Å²) in [5, 5.41) is 0.219. The van der Waals surface area contributed by atoms with Gasteiger partial charge in [-0.2, -0.15) is 0 Å². The second-order valence-corrected chi connectivity index (χ2v) is 4.78. The third kappa shape index (κ3) is 2.51. The van der Waals surface area contributed by atoms with E-state index in [1.807, 2.05) is 6.07 Å². The van der Waals surface area contributed by atoms with E-state index in [-0.39, 0.29) is 5.38 Å². The second kappa shape index (κ2) is 4.84. The first kappa shape index (κ1) is 10.0. The van der Waals surface area contributed by atoms with E-state index in [0.29, 0.717) is 0 Å². The van der Waals surface area contributed by atoms with Crippen molar-refractivity contribution < 1.29 is 0 Å². The van der Waals surface area contributed by atoms with Crippen molar-refractivity contribution in [2.24, 2.45) is 5.92 Å². The molecule has 0 heterocycles. The maximum atomic E-state index is 6.33. The van der Waals surface area contributed by atoms with Crippen molar-refractivity contribution in [3.63, 3.8) is 0 Å². The molecule has 0 aliphatic heterocycles. The van der Waals surface area contributed by atoms with Crippen LogP contribution in [0.25, 0.3) is 0 Å². The molecule has 1 aromatic carbocycles. The molecule has 0 nitrogen and oxygen atoms in total. The molecule has 2 rings (SSSR count). The Kier molecular flexibility index (Phi) is 3.47. The van der Waals surface area contributed by atoms with Crippen molar-refractivity contribution in [3.05, 3.63) is 35.9 Å². The molecule has 0 saturated heterocycles. The number of alkyl halides is 1. The standard InChI is InChI=1S/C13H17Cl/c14-13(10-9-11-5-4-6-11)12-7-2-1-3-8-12/h1-3,7-8,11,13H,4-6,9-10H2. The highest BCUT2D eigenvalue weighted by Gasteiger charge is 2.18. The summed E-state index contributed by atoms with van der Waals surface area (Å²) in [6.07, 6.45) is 6.74. The van der Waals surface area contributed by atoms with Crippen molar-refractivity contribution in [1.82, 2.24) is 0 Å². The highest BCUT2D eigenvalue weighted by atomic mass is 35.5. The lowest BCUT2D eigenvalue weighted by Gasteiger charge is -2.26. The van der Waals surface area contributed by atoms with Gasteiger partial charge < -0.3 is 0 Å². The Morgan fingerprint density at radius 2 is 1.93 bits per heavy atom. The molecule has 14 heavy (non-hydrogen) atoms. The number of hydrogen-bond donors (Lipinski definition) is 0. The maximum absolute atomic E-state index is 6.33. The van der Waals surface area contributed by atoms with E-state index < -0.39 is 0 Å². The molecular weight excluding hydrogens is 192 g/mol. The minimum Gasteiger partial charge on any atom is -0.118 e. The van der Waals surface area contributed by atoms with Crippen molar-refractivity contribution in [1.29, 1.82) is 0 Å². The molecule has 0 N–H and O–H groups in total. The average molecular weight is 209 g/mol. The molecule has 1 aliphatic carbocycles. The zero-order valence-corrected chi connectivity index (χ0v) is 9.21. The molecule has 0 bridgehead atoms. The fraction of sp³-hybridized carbons (Fsp3) is 0.538. The Bertz CT molecular complexity index is 264. The first-order chi connectivity index (χ1) is 6.86. The van der Waals surface area contributed by atoms with Gasteiger partial charge in [0.05, 0.1) is 5.38 Å². The van der Waals surface area contributed by atoms with Crippen LogP contribution in [0.3, 0.4) is 0 Å². The molecule has 1 aliphatic rings. The third-order valence-corrected chi connectivity index (χ3v) is 3.68. The van der Waals surface area contributed by atoms with Gasteiger partial charge in [-0.15, -0.1) is 11.6 Å². The molecule has 1 saturated carbocycles. The number of rotatable bonds is 4. The summed E-state index contributed by atoms with van der Waals surface area (Å²) in [5.74, 6) is 0.972. The molecule has 0 aromatic heterocycles. The Balaban J connectivity index is 1.80. The topological polar surface area (TPSA) is 0 Å². The Morgan fingerprint density at radius 1 is 1.21 bits per heavy atom. The van der Waals surface area contributed by atoms with E-state index in [9.17, 15) is 0 Å². The summed E-state index contributed by atoms with van der Waals surface area (Å²) in [6, 6.07) is 10.4. The van der Waals surface area contributed by atoms with Crippen molar-refractivity contribution >= 4 is 11.6 Å². The summed E-state index contributed by atoms with van der Waals surface area (Å²) in [7, 11) is 0. The van der Waals surface area contributed by atoms with Gasteiger partial charge in [-0.05, 0) is 24.3 Å². The van der Waals surface area contributed by atoms with Gasteiger partial charge >= 0.3 is 0 Å². The number of halogens is 1. The molecule has 1 unspecified atom stereocenters. The van der Waals surface area contributed by atoms with Crippen LogP contribution in [-0.4, -0.2) is 0 Å². The van der Waals surface area contributed by atoms with Gasteiger partial charge in [0.2, 0.25) is 0 Å². The predicted molar refractivity (Wildman–Crippen MR) is 61.6 cm³/mol. The van der Waals surface area contributed by atoms with Gasteiger partial charge in [0.15, 0.2) is 0 Å². The van der Waals surface area contributed by atoms with Crippen LogP contribution in [0.2, 0.25) is 0 Å². The number of hydrogen-bond acceptors (Lipinski definition) is 0. The average Bonchev–Trinajstić information content (AvgIpc) is 2.16. The van der Waals surface area contributed by atoms with E-state index >= 15 is 0 Å². The molecular formula is C13H17Cl. The molecule has 1 heteroatoms. The van der Waals surface area contributed by atoms with Crippen LogP contribution in [0.15, 0.2) is 30.3 Å². The largest absolute Gasteiger partial charge is 0.118 e. The summed E-state index contributed by atoms with van der Waals surface area (Å²) in [6.45, 7) is 0. The highest BCUT2D eigenvalue weighted by molar-refractivity contribution is 6.20. The number of benzene rings is 1. The molecule has 0 amide bonds. The van der Waals surface area contributed by atoms with Gasteiger partial charge in [-0.1, -0.05) is 49.6 Å². The predicted octanol–water partition coefficient (Wildman–Crippen LogP) is 4.55. The first-order valence-corrected chi connectivity index (χ1v) is 5.99. The van der Waals surface area contributed by atoms with E-state index in [0.717, 1.165) is 12.3 Å². The summed E-state index contributed by atoms with van der Waals surface area (Å²) in [5.41, 5.74) is 1.27. The Labute approximate surface area is 91.3 Å². The smallest absolute Gasteiger partial charge is 0.0585 e. The highest BCUT2D eigenvalue weighted by Crippen LogP contribution is 2.35. The van der Waals surface area contributed by atoms with Crippen LogP contribution in [-0.2, 0) is 0 Å². The van der Waals surface area contributed by atoms with Crippen LogP contribution >= 0.6 is 11.6 Å². The van der Waals surface area contributed by atoms with Crippen molar-refractivity contribution in [2.75, 3.05) is 0 Å². The molecule has 76 valence electrons. The van der Waals surface area contributed by atoms with Crippen LogP contribution in [0, 0.1) is 5.92 Å². The Hall–Kier alpha value is -0.490. The van der Waals surface area contributed by atoms with Gasteiger partial charge in [0, 0.05) is 0 Å². The van der Waals surface area contributed by atoms with Crippen molar-refractivity contribution in [2.45, 2.75) is 37.5 Å². The third-order valence-electron chi connectivity index (χ3n) is 3.21. The molecule has 1 atom stereocenters. The first-order valence-electron chi connectivity index (χ1n) is 5.55. The van der Waals surface area contributed by atoms with Crippen LogP contribution in [0.1, 0.15) is 43.0 Å². The zero-order valence-electron chi connectivity index (χ0n) is 8.45. The van der Waals surface area contributed by atoms with Crippen LogP contribution < -0.4 is 0 Å². The minimum absolute atomic E-state index is 0.219. The Morgan fingerprint density at radius 3 is 2.50 bits per heavy atom. The van der Waals surface area contributed by atoms with E-state index in [2.05, 4.69) is 24.3 Å². The monoisotopic (exact) mass is 208 g/mol. The van der Waals surface area contributed by atoms with Crippen molar-refractivity contribution in [3.8, 4) is 0 Å². The van der Waals surface area contributed by atoms with E-state index in [1.165, 1.54) is 31.2 Å². The second-order valence-electron chi connectivity index (χ2n) is 4.25. The summed E-state index contributed by atoms with van der Waals surface area (Å²) in [4.78, 5) is 0. The van der Waals surface area contributed by atoms with Crippen LogP contribution in [0.4, 0.5) is 0 Å². The molecule has 0 spiro atoms. The molecule has 1 aromatic rings. The van der Waals surface area contributed by atoms with Gasteiger partial charge in [-0.25, -0.2) is 0 Å². The maximum Gasteiger partial charge on any atom is 0.0585 e. The van der Waals surface area contributed by atoms with Gasteiger partial charge in [0.25, 0.3) is 0 Å². The fourth-order valence-electron chi connectivity index (χ4n) is 1.99. The summed E-state index contributed by atoms with van der Waals surface area (Å²) >= 11 is 6.33. The fourth-order valence-corrected chi connectivity index (χ4v) is 2.26. The van der Waals surface area contributed by atoms with Crippen LogP contribution in [0.5, 0.6) is 0 Å². The lowest BCUT2D eigenvalue weighted by molar-refractivity contribution is 0.289. The quantitative estimate of drug-likeness (QED) is 0.637. The van der Waals surface area contributed by atoms with Gasteiger partial charge in [-0.3, -0.25) is 0 Å². The van der Waals surface area contributed by atoms with E-state index in [1.54, 1.807) is 0 Å².